The summed E-state index contributed by atoms with van der Waals surface area (Å²) in [4.78, 5) is 33.4. The normalized spacial score (nSPS) is 21.7. The standard InChI is InChI=1S/C42H39BN4O5S/c1-25-2-15-37(41(49)44-25)47-24-27-20-29(7-13-35(27)42(47)50)45-16-18-46(19-17-45)30-21-34(22-30)51-32-9-11-33(12-10-32)52-39-36-14-8-31(48)23-38(36)53-40(39)26-3-5-28(43)6-4-26/h3-14,20,23,30,34,37,48H,1-2,15-19,21-22,24H2,(H,44,49). The van der Waals surface area contributed by atoms with Crippen LogP contribution in [0.3, 0.4) is 0 Å². The van der Waals surface area contributed by atoms with E-state index >= 15 is 0 Å². The molecule has 4 aliphatic rings. The summed E-state index contributed by atoms with van der Waals surface area (Å²) >= 11 is 1.57. The number of benzene rings is 4. The zero-order valence-electron chi connectivity index (χ0n) is 29.3. The SMILES string of the molecule is [B]c1ccc(-c2sc3cc(O)ccc3c2Oc2ccc(OC3CC(N4CCN(c5ccc6c(c5)CN(C5CCC(=C)NC5=O)C6=O)CC4)C3)cc2)cc1. The minimum Gasteiger partial charge on any atom is -0.508 e. The Morgan fingerprint density at radius 2 is 1.64 bits per heavy atom. The summed E-state index contributed by atoms with van der Waals surface area (Å²) < 4.78 is 13.8. The molecule has 5 aromatic rings. The number of nitrogens with one attached hydrogen (secondary N) is 1. The fraction of sp³-hybridized carbons (Fsp3) is 0.286. The van der Waals surface area contributed by atoms with E-state index in [1.54, 1.807) is 28.4 Å². The number of fused-ring (bicyclic) bond motifs is 2. The average molecular weight is 723 g/mol. The van der Waals surface area contributed by atoms with Gasteiger partial charge in [-0.05, 0) is 84.6 Å². The molecular weight excluding hydrogens is 683 g/mol. The lowest BCUT2D eigenvalue weighted by atomic mass is 9.87. The Hall–Kier alpha value is -5.26. The number of carbonyl (C=O) groups excluding carboxylic acids is 2. The van der Waals surface area contributed by atoms with Crippen molar-refractivity contribution in [3.05, 3.63) is 108 Å². The Balaban J connectivity index is 0.776. The molecule has 0 bridgehead atoms. The number of hydrogen-bond donors (Lipinski definition) is 2. The summed E-state index contributed by atoms with van der Waals surface area (Å²) in [7, 11) is 5.94. The van der Waals surface area contributed by atoms with Crippen LogP contribution >= 0.6 is 11.3 Å². The van der Waals surface area contributed by atoms with Crippen LogP contribution < -0.4 is 25.2 Å². The van der Waals surface area contributed by atoms with Gasteiger partial charge in [-0.2, -0.15) is 0 Å². The second-order valence-electron chi connectivity index (χ2n) is 14.4. The van der Waals surface area contributed by atoms with E-state index in [2.05, 4.69) is 33.8 Å². The number of piperazine rings is 1. The lowest BCUT2D eigenvalue weighted by molar-refractivity contribution is -0.126. The van der Waals surface area contributed by atoms with Gasteiger partial charge in [0.25, 0.3) is 5.91 Å². The lowest BCUT2D eigenvalue weighted by Gasteiger charge is -2.46. The highest BCUT2D eigenvalue weighted by molar-refractivity contribution is 7.22. The first-order chi connectivity index (χ1) is 25.8. The maximum atomic E-state index is 13.2. The molecule has 1 aromatic heterocycles. The Labute approximate surface area is 313 Å². The molecule has 266 valence electrons. The molecule has 1 aliphatic carbocycles. The number of allylic oxidation sites excluding steroid dienone is 1. The molecule has 9 nitrogen and oxygen atoms in total. The summed E-state index contributed by atoms with van der Waals surface area (Å²) in [6.07, 6.45) is 3.48. The second-order valence-corrected chi connectivity index (χ2v) is 15.5. The van der Waals surface area contributed by atoms with Gasteiger partial charge in [0.15, 0.2) is 5.75 Å². The first-order valence-corrected chi connectivity index (χ1v) is 19.0. The Morgan fingerprint density at radius 3 is 2.40 bits per heavy atom. The van der Waals surface area contributed by atoms with Crippen molar-refractivity contribution in [1.82, 2.24) is 15.1 Å². The molecule has 1 saturated carbocycles. The fourth-order valence-electron chi connectivity index (χ4n) is 8.00. The van der Waals surface area contributed by atoms with Gasteiger partial charge in [-0.15, -0.1) is 11.3 Å². The molecule has 4 aromatic carbocycles. The number of nitrogens with zero attached hydrogens (tertiary/aromatic N) is 3. The molecule has 2 amide bonds. The number of amides is 2. The number of anilines is 1. The maximum Gasteiger partial charge on any atom is 0.255 e. The molecule has 2 N–H and O–H groups in total. The van der Waals surface area contributed by atoms with Crippen molar-refractivity contribution in [2.45, 2.75) is 50.4 Å². The first-order valence-electron chi connectivity index (χ1n) is 18.2. The van der Waals surface area contributed by atoms with Gasteiger partial charge in [0.2, 0.25) is 5.91 Å². The quantitative estimate of drug-likeness (QED) is 0.181. The molecule has 2 saturated heterocycles. The smallest absolute Gasteiger partial charge is 0.255 e. The Morgan fingerprint density at radius 1 is 0.887 bits per heavy atom. The van der Waals surface area contributed by atoms with E-state index in [0.717, 1.165) is 88.0 Å². The zero-order chi connectivity index (χ0) is 36.2. The third-order valence-corrected chi connectivity index (χ3v) is 12.2. The highest BCUT2D eigenvalue weighted by Gasteiger charge is 2.39. The van der Waals surface area contributed by atoms with Crippen LogP contribution in [0.1, 0.15) is 41.6 Å². The maximum absolute atomic E-state index is 13.2. The number of phenols is 1. The minimum atomic E-state index is -0.443. The number of aromatic hydroxyl groups is 1. The molecule has 9 rings (SSSR count). The third-order valence-electron chi connectivity index (χ3n) is 11.0. The lowest BCUT2D eigenvalue weighted by Crippen LogP contribution is -2.56. The van der Waals surface area contributed by atoms with Crippen LogP contribution in [0.4, 0.5) is 5.69 Å². The summed E-state index contributed by atoms with van der Waals surface area (Å²) in [6.45, 7) is 8.14. The van der Waals surface area contributed by atoms with Gasteiger partial charge in [-0.25, -0.2) is 0 Å². The van der Waals surface area contributed by atoms with E-state index in [-0.39, 0.29) is 23.7 Å². The summed E-state index contributed by atoms with van der Waals surface area (Å²) in [5.74, 6) is 2.31. The van der Waals surface area contributed by atoms with Crippen molar-refractivity contribution >= 4 is 52.2 Å². The van der Waals surface area contributed by atoms with E-state index in [1.807, 2.05) is 60.7 Å². The van der Waals surface area contributed by atoms with Crippen molar-refractivity contribution in [3.8, 4) is 33.4 Å². The molecular formula is C42H39BN4O5S. The Kier molecular flexibility index (Phi) is 8.63. The van der Waals surface area contributed by atoms with Crippen molar-refractivity contribution < 1.29 is 24.2 Å². The average Bonchev–Trinajstić information content (AvgIpc) is 3.66. The number of carbonyl (C=O) groups is 2. The number of phenolic OH excluding ortho intramolecular Hbond substituents is 1. The third kappa shape index (κ3) is 6.53. The number of ether oxygens (including phenoxy) is 2. The van der Waals surface area contributed by atoms with Crippen LogP contribution in [0.25, 0.3) is 20.5 Å². The number of rotatable bonds is 8. The summed E-state index contributed by atoms with van der Waals surface area (Å²) in [6, 6.07) is 27.1. The first kappa shape index (κ1) is 33.6. The van der Waals surface area contributed by atoms with Crippen molar-refractivity contribution in [2.24, 2.45) is 0 Å². The summed E-state index contributed by atoms with van der Waals surface area (Å²) in [5, 5.41) is 13.8. The molecule has 53 heavy (non-hydrogen) atoms. The van der Waals surface area contributed by atoms with Crippen LogP contribution in [0.5, 0.6) is 23.0 Å². The van der Waals surface area contributed by atoms with Crippen LogP contribution in [-0.4, -0.2) is 78.9 Å². The molecule has 3 fully saturated rings. The number of thiophene rings is 1. The fourth-order valence-corrected chi connectivity index (χ4v) is 9.17. The van der Waals surface area contributed by atoms with Gasteiger partial charge in [-0.1, -0.05) is 36.3 Å². The van der Waals surface area contributed by atoms with Crippen LogP contribution in [-0.2, 0) is 11.3 Å². The van der Waals surface area contributed by atoms with Gasteiger partial charge in [0.1, 0.15) is 37.2 Å². The minimum absolute atomic E-state index is 0.0614. The predicted molar refractivity (Wildman–Crippen MR) is 209 cm³/mol. The largest absolute Gasteiger partial charge is 0.508 e. The summed E-state index contributed by atoms with van der Waals surface area (Å²) in [5.41, 5.74) is 5.25. The van der Waals surface area contributed by atoms with Gasteiger partial charge in [0.05, 0.1) is 4.88 Å². The molecule has 11 heteroatoms. The molecule has 2 radical (unpaired) electrons. The number of piperidine rings is 1. The molecule has 1 unspecified atom stereocenters. The second kappa shape index (κ2) is 13.6. The van der Waals surface area contributed by atoms with E-state index in [0.29, 0.717) is 42.2 Å². The highest BCUT2D eigenvalue weighted by Crippen LogP contribution is 2.47. The monoisotopic (exact) mass is 722 g/mol. The molecule has 1 atom stereocenters. The highest BCUT2D eigenvalue weighted by atomic mass is 32.1. The van der Waals surface area contributed by atoms with E-state index < -0.39 is 6.04 Å². The number of hydrogen-bond acceptors (Lipinski definition) is 8. The predicted octanol–water partition coefficient (Wildman–Crippen LogP) is 6.34. The van der Waals surface area contributed by atoms with Crippen molar-refractivity contribution in [1.29, 1.82) is 0 Å². The molecule has 0 spiro atoms. The van der Waals surface area contributed by atoms with E-state index in [9.17, 15) is 14.7 Å². The topological polar surface area (TPSA) is 94.6 Å². The van der Waals surface area contributed by atoms with Gasteiger partial charge in [-0.3, -0.25) is 14.5 Å². The van der Waals surface area contributed by atoms with Gasteiger partial charge >= 0.3 is 0 Å². The molecule has 4 heterocycles. The zero-order valence-corrected chi connectivity index (χ0v) is 30.1. The van der Waals surface area contributed by atoms with Gasteiger partial charge in [0, 0.05) is 78.6 Å². The van der Waals surface area contributed by atoms with Crippen LogP contribution in [0, 0.1) is 0 Å². The van der Waals surface area contributed by atoms with Crippen molar-refractivity contribution in [3.63, 3.8) is 0 Å². The van der Waals surface area contributed by atoms with Crippen molar-refractivity contribution in [2.75, 3.05) is 31.1 Å². The van der Waals surface area contributed by atoms with E-state index in [4.69, 9.17) is 17.3 Å². The van der Waals surface area contributed by atoms with Gasteiger partial charge < -0.3 is 29.7 Å². The Bertz CT molecular complexity index is 2230. The molecule has 3 aliphatic heterocycles. The van der Waals surface area contributed by atoms with E-state index in [1.165, 1.54) is 0 Å². The van der Waals surface area contributed by atoms with Crippen LogP contribution in [0.15, 0.2) is 97.2 Å². The van der Waals surface area contributed by atoms with Crippen LogP contribution in [0.2, 0.25) is 0 Å².